The fourth-order valence-corrected chi connectivity index (χ4v) is 4.35. The summed E-state index contributed by atoms with van der Waals surface area (Å²) in [5.74, 6) is 1.77. The van der Waals surface area contributed by atoms with E-state index in [9.17, 15) is 4.79 Å². The number of nitrogens with zero attached hydrogens (tertiary/aromatic N) is 7. The van der Waals surface area contributed by atoms with Crippen LogP contribution in [-0.4, -0.2) is 61.3 Å². The Hall–Kier alpha value is -4.01. The van der Waals surface area contributed by atoms with Crippen LogP contribution < -0.4 is 10.2 Å². The van der Waals surface area contributed by atoms with E-state index in [2.05, 4.69) is 44.2 Å². The van der Waals surface area contributed by atoms with E-state index in [0.29, 0.717) is 6.54 Å². The topological polar surface area (TPSA) is 91.5 Å². The Bertz CT molecular complexity index is 1340. The van der Waals surface area contributed by atoms with Gasteiger partial charge in [0, 0.05) is 69.4 Å². The van der Waals surface area contributed by atoms with Crippen molar-refractivity contribution in [1.29, 1.82) is 0 Å². The number of carbonyl (C=O) groups excluding carboxylic acids is 1. The van der Waals surface area contributed by atoms with E-state index in [-0.39, 0.29) is 5.91 Å². The molecule has 0 aromatic carbocycles. The van der Waals surface area contributed by atoms with E-state index in [4.69, 9.17) is 4.98 Å². The minimum atomic E-state index is 0.127. The first-order valence-corrected chi connectivity index (χ1v) is 11.4. The zero-order valence-corrected chi connectivity index (χ0v) is 19.7. The Morgan fingerprint density at radius 3 is 2.56 bits per heavy atom. The number of imidazole rings is 1. The van der Waals surface area contributed by atoms with Crippen LogP contribution in [0.15, 0.2) is 49.2 Å². The van der Waals surface area contributed by atoms with Crippen LogP contribution in [0.25, 0.3) is 16.8 Å². The summed E-state index contributed by atoms with van der Waals surface area (Å²) in [6, 6.07) is 8.23. The van der Waals surface area contributed by atoms with Crippen molar-refractivity contribution in [2.45, 2.75) is 27.3 Å². The fraction of sp³-hybridized carbons (Fsp3) is 0.320. The van der Waals surface area contributed by atoms with Crippen LogP contribution in [0.2, 0.25) is 0 Å². The molecule has 4 aromatic rings. The lowest BCUT2D eigenvalue weighted by molar-refractivity contribution is -0.129. The Kier molecular flexibility index (Phi) is 5.83. The molecule has 1 saturated heterocycles. The molecule has 34 heavy (non-hydrogen) atoms. The number of rotatable bonds is 5. The standard InChI is InChI=1S/C25H28N8O/c1-17-10-20(13-27-24(17)21-4-5-26-18(2)11-21)14-28-25-29-15-22-12-23(30-16-33(22)25)32-8-6-31(7-9-32)19(3)34/h4-5,10-13,15-16H,6-9,14H2,1-3H3,(H,28,29). The van der Waals surface area contributed by atoms with Gasteiger partial charge in [0.2, 0.25) is 11.9 Å². The first kappa shape index (κ1) is 21.8. The monoisotopic (exact) mass is 456 g/mol. The molecule has 0 unspecified atom stereocenters. The lowest BCUT2D eigenvalue weighted by atomic mass is 10.1. The molecule has 1 fully saturated rings. The van der Waals surface area contributed by atoms with Gasteiger partial charge in [-0.3, -0.25) is 19.2 Å². The lowest BCUT2D eigenvalue weighted by Crippen LogP contribution is -2.48. The normalized spacial score (nSPS) is 14.0. The van der Waals surface area contributed by atoms with Gasteiger partial charge in [0.25, 0.3) is 0 Å². The molecule has 9 heteroatoms. The first-order chi connectivity index (χ1) is 16.5. The summed E-state index contributed by atoms with van der Waals surface area (Å²) in [6.07, 6.45) is 7.36. The molecule has 0 bridgehead atoms. The molecular weight excluding hydrogens is 428 g/mol. The highest BCUT2D eigenvalue weighted by atomic mass is 16.2. The van der Waals surface area contributed by atoms with Crippen molar-refractivity contribution in [1.82, 2.24) is 29.2 Å². The van der Waals surface area contributed by atoms with Crippen LogP contribution >= 0.6 is 0 Å². The third kappa shape index (κ3) is 4.41. The van der Waals surface area contributed by atoms with Crippen molar-refractivity contribution in [2.24, 2.45) is 0 Å². The third-order valence-electron chi connectivity index (χ3n) is 6.21. The van der Waals surface area contributed by atoms with Crippen molar-refractivity contribution < 1.29 is 4.79 Å². The van der Waals surface area contributed by atoms with E-state index in [1.807, 2.05) is 46.9 Å². The molecular formula is C25H28N8O. The molecule has 5 heterocycles. The van der Waals surface area contributed by atoms with Crippen LogP contribution in [0.5, 0.6) is 0 Å². The third-order valence-corrected chi connectivity index (χ3v) is 6.21. The largest absolute Gasteiger partial charge is 0.353 e. The van der Waals surface area contributed by atoms with Crippen LogP contribution in [0.4, 0.5) is 11.8 Å². The number of carbonyl (C=O) groups is 1. The van der Waals surface area contributed by atoms with E-state index < -0.39 is 0 Å². The number of amides is 1. The predicted octanol–water partition coefficient (Wildman–Crippen LogP) is 3.08. The Morgan fingerprint density at radius 2 is 1.82 bits per heavy atom. The summed E-state index contributed by atoms with van der Waals surface area (Å²) in [7, 11) is 0. The Balaban J connectivity index is 1.27. The maximum atomic E-state index is 11.6. The second kappa shape index (κ2) is 9.09. The van der Waals surface area contributed by atoms with Gasteiger partial charge in [0.05, 0.1) is 17.4 Å². The second-order valence-corrected chi connectivity index (χ2v) is 8.67. The molecule has 5 rings (SSSR count). The number of aromatic nitrogens is 5. The number of hydrogen-bond acceptors (Lipinski definition) is 7. The molecule has 0 atom stereocenters. The SMILES string of the molecule is CC(=O)N1CCN(c2cc3cnc(NCc4cnc(-c5ccnc(C)c5)c(C)c4)n3cn2)CC1. The van der Waals surface area contributed by atoms with Gasteiger partial charge in [0.1, 0.15) is 12.1 Å². The maximum Gasteiger partial charge on any atom is 0.219 e. The van der Waals surface area contributed by atoms with Crippen molar-refractivity contribution in [2.75, 3.05) is 36.4 Å². The highest BCUT2D eigenvalue weighted by Gasteiger charge is 2.20. The van der Waals surface area contributed by atoms with Crippen molar-refractivity contribution >= 4 is 23.2 Å². The number of hydrogen-bond donors (Lipinski definition) is 1. The predicted molar refractivity (Wildman–Crippen MR) is 132 cm³/mol. The number of aryl methyl sites for hydroxylation is 2. The Morgan fingerprint density at radius 1 is 1.00 bits per heavy atom. The van der Waals surface area contributed by atoms with Crippen LogP contribution in [-0.2, 0) is 11.3 Å². The minimum absolute atomic E-state index is 0.127. The molecule has 0 saturated carbocycles. The molecule has 4 aromatic heterocycles. The highest BCUT2D eigenvalue weighted by Crippen LogP contribution is 2.23. The first-order valence-electron chi connectivity index (χ1n) is 11.4. The highest BCUT2D eigenvalue weighted by molar-refractivity contribution is 5.73. The molecule has 1 amide bonds. The number of piperazine rings is 1. The van der Waals surface area contributed by atoms with E-state index >= 15 is 0 Å². The minimum Gasteiger partial charge on any atom is -0.353 e. The molecule has 1 N–H and O–H groups in total. The number of fused-ring (bicyclic) bond motifs is 1. The van der Waals surface area contributed by atoms with E-state index in [0.717, 1.165) is 71.5 Å². The number of anilines is 2. The van der Waals surface area contributed by atoms with Crippen LogP contribution in [0, 0.1) is 13.8 Å². The zero-order valence-electron chi connectivity index (χ0n) is 19.7. The maximum absolute atomic E-state index is 11.6. The second-order valence-electron chi connectivity index (χ2n) is 8.67. The zero-order chi connectivity index (χ0) is 23.7. The van der Waals surface area contributed by atoms with Crippen molar-refractivity contribution in [3.8, 4) is 11.3 Å². The van der Waals surface area contributed by atoms with E-state index in [1.54, 1.807) is 13.3 Å². The van der Waals surface area contributed by atoms with Crippen molar-refractivity contribution in [3.63, 3.8) is 0 Å². The summed E-state index contributed by atoms with van der Waals surface area (Å²) in [6.45, 7) is 9.30. The average molecular weight is 457 g/mol. The van der Waals surface area contributed by atoms with Gasteiger partial charge in [-0.25, -0.2) is 9.97 Å². The number of pyridine rings is 2. The summed E-state index contributed by atoms with van der Waals surface area (Å²) in [5, 5.41) is 3.40. The van der Waals surface area contributed by atoms with Gasteiger partial charge in [0.15, 0.2) is 0 Å². The average Bonchev–Trinajstić information content (AvgIpc) is 3.25. The quantitative estimate of drug-likeness (QED) is 0.493. The van der Waals surface area contributed by atoms with Crippen LogP contribution in [0.3, 0.4) is 0 Å². The van der Waals surface area contributed by atoms with Gasteiger partial charge in [-0.1, -0.05) is 6.07 Å². The fourth-order valence-electron chi connectivity index (χ4n) is 4.35. The van der Waals surface area contributed by atoms with Gasteiger partial charge in [-0.2, -0.15) is 0 Å². The van der Waals surface area contributed by atoms with E-state index in [1.165, 1.54) is 0 Å². The molecule has 0 spiro atoms. The van der Waals surface area contributed by atoms with Gasteiger partial charge in [-0.15, -0.1) is 0 Å². The summed E-state index contributed by atoms with van der Waals surface area (Å²) < 4.78 is 1.95. The van der Waals surface area contributed by atoms with Gasteiger partial charge in [-0.05, 0) is 37.1 Å². The lowest BCUT2D eigenvalue weighted by Gasteiger charge is -2.34. The summed E-state index contributed by atoms with van der Waals surface area (Å²) in [4.78, 5) is 33.8. The summed E-state index contributed by atoms with van der Waals surface area (Å²) >= 11 is 0. The van der Waals surface area contributed by atoms with Gasteiger partial charge >= 0.3 is 0 Å². The summed E-state index contributed by atoms with van der Waals surface area (Å²) in [5.41, 5.74) is 6.20. The Labute approximate surface area is 198 Å². The molecule has 0 aliphatic carbocycles. The van der Waals surface area contributed by atoms with Crippen LogP contribution in [0.1, 0.15) is 23.7 Å². The molecule has 9 nitrogen and oxygen atoms in total. The molecule has 1 aliphatic rings. The molecule has 174 valence electrons. The van der Waals surface area contributed by atoms with Crippen molar-refractivity contribution in [3.05, 3.63) is 66.0 Å². The number of nitrogens with one attached hydrogen (secondary N) is 1. The molecule has 1 aliphatic heterocycles. The smallest absolute Gasteiger partial charge is 0.219 e. The molecule has 0 radical (unpaired) electrons. The van der Waals surface area contributed by atoms with Gasteiger partial charge < -0.3 is 15.1 Å².